The van der Waals surface area contributed by atoms with Crippen LogP contribution in [0.4, 0.5) is 0 Å². The molecule has 0 bridgehead atoms. The van der Waals surface area contributed by atoms with Crippen LogP contribution < -0.4 is 19.5 Å². The first kappa shape index (κ1) is 24.3. The van der Waals surface area contributed by atoms with Crippen molar-refractivity contribution in [2.45, 2.75) is 32.4 Å². The van der Waals surface area contributed by atoms with Crippen molar-refractivity contribution < 1.29 is 29.1 Å². The molecule has 0 aromatic heterocycles. The van der Waals surface area contributed by atoms with Gasteiger partial charge in [-0.25, -0.2) is 0 Å². The third-order valence-electron chi connectivity index (χ3n) is 5.53. The summed E-state index contributed by atoms with van der Waals surface area (Å²) in [5.74, 6) is -0.509. The number of amides is 1. The Balaban J connectivity index is 2.03. The van der Waals surface area contributed by atoms with Crippen LogP contribution in [0.15, 0.2) is 54.1 Å². The number of carbonyl (C=O) groups excluding carboxylic acids is 2. The summed E-state index contributed by atoms with van der Waals surface area (Å²) < 4.78 is 10.9. The molecular weight excluding hydrogens is 420 g/mol. The summed E-state index contributed by atoms with van der Waals surface area (Å²) in [7, 11) is 5.64. The molecule has 2 aromatic carbocycles. The smallest absolute Gasteiger partial charge is 0.295 e. The second kappa shape index (κ2) is 10.5. The molecule has 1 fully saturated rings. The predicted octanol–water partition coefficient (Wildman–Crippen LogP) is 1.24. The van der Waals surface area contributed by atoms with Crippen molar-refractivity contribution >= 4 is 17.4 Å². The highest BCUT2D eigenvalue weighted by molar-refractivity contribution is 6.46. The minimum Gasteiger partial charge on any atom is -0.872 e. The Hall–Kier alpha value is -3.32. The number of likely N-dealkylation sites (tertiary alicyclic amines) is 1. The lowest BCUT2D eigenvalue weighted by Gasteiger charge is -2.28. The molecule has 0 spiro atoms. The molecule has 0 saturated carbocycles. The number of Topliss-reactive ketones (excluding diaryl/α,β-unsaturated/α-hetero) is 1. The summed E-state index contributed by atoms with van der Waals surface area (Å²) in [5.41, 5.74) is 1.04. The number of hydrogen-bond donors (Lipinski definition) is 1. The number of methoxy groups -OCH3 is 1. The number of ether oxygens (including phenoxy) is 2. The Labute approximate surface area is 195 Å². The predicted molar refractivity (Wildman–Crippen MR) is 124 cm³/mol. The summed E-state index contributed by atoms with van der Waals surface area (Å²) in [5, 5.41) is 13.5. The van der Waals surface area contributed by atoms with Crippen molar-refractivity contribution in [1.29, 1.82) is 0 Å². The van der Waals surface area contributed by atoms with E-state index in [0.717, 1.165) is 13.0 Å². The summed E-state index contributed by atoms with van der Waals surface area (Å²) in [6.07, 6.45) is 0.725. The van der Waals surface area contributed by atoms with Crippen molar-refractivity contribution in [3.63, 3.8) is 0 Å². The molecule has 176 valence electrons. The lowest BCUT2D eigenvalue weighted by Crippen LogP contribution is -3.05. The van der Waals surface area contributed by atoms with Crippen molar-refractivity contribution in [1.82, 2.24) is 4.90 Å². The molecule has 1 heterocycles. The van der Waals surface area contributed by atoms with Gasteiger partial charge in [0.2, 0.25) is 5.78 Å². The van der Waals surface area contributed by atoms with E-state index in [9.17, 15) is 14.7 Å². The van der Waals surface area contributed by atoms with Crippen LogP contribution in [-0.4, -0.2) is 57.0 Å². The van der Waals surface area contributed by atoms with Gasteiger partial charge in [-0.3, -0.25) is 9.59 Å². The third-order valence-corrected chi connectivity index (χ3v) is 5.53. The van der Waals surface area contributed by atoms with Gasteiger partial charge in [0.15, 0.2) is 0 Å². The Morgan fingerprint density at radius 1 is 1.03 bits per heavy atom. The van der Waals surface area contributed by atoms with Gasteiger partial charge in [-0.05, 0) is 49.2 Å². The van der Waals surface area contributed by atoms with Crippen molar-refractivity contribution in [2.24, 2.45) is 0 Å². The summed E-state index contributed by atoms with van der Waals surface area (Å²) in [6, 6.07) is 13.1. The first-order valence-electron chi connectivity index (χ1n) is 11.2. The fraction of sp³-hybridized carbons (Fsp3) is 0.385. The zero-order valence-corrected chi connectivity index (χ0v) is 19.9. The fourth-order valence-corrected chi connectivity index (χ4v) is 3.95. The highest BCUT2D eigenvalue weighted by Gasteiger charge is 2.43. The molecule has 0 aliphatic carbocycles. The van der Waals surface area contributed by atoms with Gasteiger partial charge in [0.05, 0.1) is 39.9 Å². The Morgan fingerprint density at radius 3 is 2.18 bits per heavy atom. The van der Waals surface area contributed by atoms with Gasteiger partial charge in [-0.1, -0.05) is 30.0 Å². The topological polar surface area (TPSA) is 83.3 Å². The Morgan fingerprint density at radius 2 is 1.64 bits per heavy atom. The van der Waals surface area contributed by atoms with Crippen molar-refractivity contribution in [3.05, 3.63) is 65.2 Å². The van der Waals surface area contributed by atoms with E-state index in [0.29, 0.717) is 29.2 Å². The van der Waals surface area contributed by atoms with Gasteiger partial charge >= 0.3 is 0 Å². The molecule has 2 aromatic rings. The number of carbonyl (C=O) groups is 2. The number of nitrogens with zero attached hydrogens (tertiary/aromatic N) is 1. The zero-order valence-electron chi connectivity index (χ0n) is 19.9. The number of nitrogens with one attached hydrogen (secondary N) is 1. The highest BCUT2D eigenvalue weighted by atomic mass is 16.5. The van der Waals surface area contributed by atoms with E-state index in [1.807, 2.05) is 27.9 Å². The first-order valence-corrected chi connectivity index (χ1v) is 11.2. The second-order valence-corrected chi connectivity index (χ2v) is 8.75. The molecule has 0 radical (unpaired) electrons. The zero-order chi connectivity index (χ0) is 24.1. The monoisotopic (exact) mass is 452 g/mol. The summed E-state index contributed by atoms with van der Waals surface area (Å²) in [6.45, 7) is 5.07. The molecule has 1 amide bonds. The van der Waals surface area contributed by atoms with Gasteiger partial charge in [0.25, 0.3) is 5.91 Å². The molecule has 1 N–H and O–H groups in total. The van der Waals surface area contributed by atoms with Crippen molar-refractivity contribution in [2.75, 3.05) is 34.3 Å². The maximum atomic E-state index is 13.5. The van der Waals surface area contributed by atoms with Crippen LogP contribution in [0.5, 0.6) is 11.5 Å². The van der Waals surface area contributed by atoms with E-state index < -0.39 is 23.5 Å². The quantitative estimate of drug-likeness (QED) is 0.352. The van der Waals surface area contributed by atoms with Crippen LogP contribution in [0.3, 0.4) is 0 Å². The molecule has 1 unspecified atom stereocenters. The van der Waals surface area contributed by atoms with E-state index >= 15 is 0 Å². The standard InChI is InChI=1S/C26H32N2O5/c1-17(2)33-21-13-9-19(10-14-21)24(29)22-23(18-7-11-20(32-5)12-8-18)28(26(31)25(22)30)16-6-15-27(3)4/h7-14,17,23,29H,6,15-16H2,1-5H3/b24-22+. The first-order chi connectivity index (χ1) is 15.7. The maximum absolute atomic E-state index is 13.5. The minimum absolute atomic E-state index is 0.00645. The molecule has 7 heteroatoms. The van der Waals surface area contributed by atoms with E-state index in [1.165, 1.54) is 9.80 Å². The summed E-state index contributed by atoms with van der Waals surface area (Å²) >= 11 is 0. The molecule has 33 heavy (non-hydrogen) atoms. The van der Waals surface area contributed by atoms with Gasteiger partial charge in [-0.2, -0.15) is 0 Å². The van der Waals surface area contributed by atoms with Crippen LogP contribution in [0.2, 0.25) is 0 Å². The van der Waals surface area contributed by atoms with Gasteiger partial charge < -0.3 is 24.4 Å². The molecule has 7 nitrogen and oxygen atoms in total. The number of ketones is 1. The Kier molecular flexibility index (Phi) is 7.76. The SMILES string of the molecule is COc1ccc(C2/C(=C(\[O-])c3ccc(OC(C)C)cc3)C(=O)C(=O)N2CCC[NH+](C)C)cc1. The van der Waals surface area contributed by atoms with Crippen LogP contribution in [0, 0.1) is 0 Å². The molecule has 1 aliphatic rings. The molecule has 1 saturated heterocycles. The third kappa shape index (κ3) is 5.54. The molecule has 1 aliphatic heterocycles. The Bertz CT molecular complexity index is 1010. The fourth-order valence-electron chi connectivity index (χ4n) is 3.95. The summed E-state index contributed by atoms with van der Waals surface area (Å²) in [4.78, 5) is 28.8. The van der Waals surface area contributed by atoms with Gasteiger partial charge in [0.1, 0.15) is 11.5 Å². The van der Waals surface area contributed by atoms with Crippen LogP contribution >= 0.6 is 0 Å². The average Bonchev–Trinajstić information content (AvgIpc) is 3.03. The number of rotatable bonds is 9. The largest absolute Gasteiger partial charge is 0.872 e. The van der Waals surface area contributed by atoms with E-state index in [4.69, 9.17) is 9.47 Å². The van der Waals surface area contributed by atoms with E-state index in [-0.39, 0.29) is 11.7 Å². The lowest BCUT2D eigenvalue weighted by atomic mass is 9.95. The van der Waals surface area contributed by atoms with Crippen LogP contribution in [0.25, 0.3) is 5.76 Å². The van der Waals surface area contributed by atoms with Crippen molar-refractivity contribution in [3.8, 4) is 11.5 Å². The number of hydrogen-bond acceptors (Lipinski definition) is 5. The van der Waals surface area contributed by atoms with Crippen LogP contribution in [0.1, 0.15) is 37.4 Å². The maximum Gasteiger partial charge on any atom is 0.295 e. The van der Waals surface area contributed by atoms with Gasteiger partial charge in [0, 0.05) is 18.5 Å². The van der Waals surface area contributed by atoms with E-state index in [2.05, 4.69) is 0 Å². The number of quaternary nitrogens is 1. The van der Waals surface area contributed by atoms with E-state index in [1.54, 1.807) is 55.6 Å². The number of benzene rings is 2. The highest BCUT2D eigenvalue weighted by Crippen LogP contribution is 2.39. The van der Waals surface area contributed by atoms with Gasteiger partial charge in [-0.15, -0.1) is 0 Å². The molecular formula is C26H32N2O5. The average molecular weight is 453 g/mol. The second-order valence-electron chi connectivity index (χ2n) is 8.75. The normalized spacial score (nSPS) is 17.8. The van der Waals surface area contributed by atoms with Crippen LogP contribution in [-0.2, 0) is 9.59 Å². The minimum atomic E-state index is -0.736. The molecule has 1 atom stereocenters. The lowest BCUT2D eigenvalue weighted by molar-refractivity contribution is -0.858. The molecule has 3 rings (SSSR count).